The molecule has 0 aliphatic heterocycles. The minimum atomic E-state index is -0.271. The van der Waals surface area contributed by atoms with Crippen LogP contribution in [0.1, 0.15) is 47.8 Å². The van der Waals surface area contributed by atoms with E-state index in [1.807, 2.05) is 42.5 Å². The Kier molecular flexibility index (Phi) is 6.46. The molecule has 0 amide bonds. The van der Waals surface area contributed by atoms with Gasteiger partial charge in [-0.3, -0.25) is 14.4 Å². The molecule has 172 valence electrons. The zero-order chi connectivity index (χ0) is 24.9. The third-order valence-electron chi connectivity index (χ3n) is 6.11. The van der Waals surface area contributed by atoms with E-state index < -0.39 is 0 Å². The van der Waals surface area contributed by atoms with E-state index in [0.717, 1.165) is 0 Å². The molecule has 5 rings (SSSR count). The van der Waals surface area contributed by atoms with Gasteiger partial charge in [0.1, 0.15) is 0 Å². The Bertz CT molecular complexity index is 1550. The van der Waals surface area contributed by atoms with Crippen molar-refractivity contribution in [3.63, 3.8) is 0 Å². The molecule has 0 aliphatic rings. The Hall–Kier alpha value is -4.89. The van der Waals surface area contributed by atoms with Gasteiger partial charge in [-0.1, -0.05) is 133 Å². The van der Waals surface area contributed by atoms with Gasteiger partial charge in [-0.05, 0) is 11.1 Å². The van der Waals surface area contributed by atoms with Gasteiger partial charge in [-0.15, -0.1) is 0 Å². The fourth-order valence-electron chi connectivity index (χ4n) is 4.35. The topological polar surface area (TPSA) is 51.2 Å². The van der Waals surface area contributed by atoms with Crippen molar-refractivity contribution in [2.75, 3.05) is 0 Å². The molecular weight excluding hydrogens is 444 g/mol. The smallest absolute Gasteiger partial charge is 0.194 e. The SMILES string of the molecule is O=C(c1ccccc1)c1ccccc1-c1cccc(C(=O)c2ccccc2)c1C(=O)c1ccccc1. The summed E-state index contributed by atoms with van der Waals surface area (Å²) in [5.41, 5.74) is 3.72. The molecule has 0 bridgehead atoms. The summed E-state index contributed by atoms with van der Waals surface area (Å²) in [7, 11) is 0. The summed E-state index contributed by atoms with van der Waals surface area (Å²) in [6.07, 6.45) is 0. The highest BCUT2D eigenvalue weighted by Gasteiger charge is 2.25. The van der Waals surface area contributed by atoms with Crippen LogP contribution in [0.4, 0.5) is 0 Å². The van der Waals surface area contributed by atoms with Crippen molar-refractivity contribution in [3.05, 3.63) is 167 Å². The summed E-state index contributed by atoms with van der Waals surface area (Å²) in [6.45, 7) is 0. The molecule has 3 heteroatoms. The molecule has 3 nitrogen and oxygen atoms in total. The Morgan fingerprint density at radius 2 is 0.722 bits per heavy atom. The fourth-order valence-corrected chi connectivity index (χ4v) is 4.35. The Balaban J connectivity index is 1.74. The average Bonchev–Trinajstić information content (AvgIpc) is 2.97. The van der Waals surface area contributed by atoms with Crippen LogP contribution in [0.15, 0.2) is 133 Å². The number of benzene rings is 5. The highest BCUT2D eigenvalue weighted by Crippen LogP contribution is 2.33. The van der Waals surface area contributed by atoms with Crippen LogP contribution in [-0.4, -0.2) is 17.3 Å². The van der Waals surface area contributed by atoms with Gasteiger partial charge in [0.15, 0.2) is 17.3 Å². The Morgan fingerprint density at radius 3 is 1.28 bits per heavy atom. The van der Waals surface area contributed by atoms with Crippen LogP contribution in [0, 0.1) is 0 Å². The minimum Gasteiger partial charge on any atom is -0.289 e. The van der Waals surface area contributed by atoms with Gasteiger partial charge in [0.05, 0.1) is 0 Å². The number of carbonyl (C=O) groups excluding carboxylic acids is 3. The van der Waals surface area contributed by atoms with Crippen molar-refractivity contribution in [3.8, 4) is 11.1 Å². The third kappa shape index (κ3) is 4.42. The van der Waals surface area contributed by atoms with E-state index >= 15 is 0 Å². The van der Waals surface area contributed by atoms with E-state index in [9.17, 15) is 14.4 Å². The predicted octanol–water partition coefficient (Wildman–Crippen LogP) is 7.05. The molecule has 0 saturated heterocycles. The summed E-state index contributed by atoms with van der Waals surface area (Å²) in [4.78, 5) is 41.0. The minimum absolute atomic E-state index is 0.149. The van der Waals surface area contributed by atoms with Gasteiger partial charge in [0.2, 0.25) is 0 Å². The lowest BCUT2D eigenvalue weighted by atomic mass is 9.84. The quantitative estimate of drug-likeness (QED) is 0.242. The van der Waals surface area contributed by atoms with Crippen molar-refractivity contribution in [1.82, 2.24) is 0 Å². The molecule has 36 heavy (non-hydrogen) atoms. The normalized spacial score (nSPS) is 10.6. The highest BCUT2D eigenvalue weighted by molar-refractivity contribution is 6.23. The van der Waals surface area contributed by atoms with Gasteiger partial charge in [-0.25, -0.2) is 0 Å². The van der Waals surface area contributed by atoms with Crippen LogP contribution in [0.25, 0.3) is 11.1 Å². The average molecular weight is 467 g/mol. The number of ketones is 3. The molecule has 0 radical (unpaired) electrons. The number of hydrogen-bond acceptors (Lipinski definition) is 3. The van der Waals surface area contributed by atoms with E-state index in [4.69, 9.17) is 0 Å². The van der Waals surface area contributed by atoms with E-state index in [-0.39, 0.29) is 22.9 Å². The Morgan fingerprint density at radius 1 is 0.333 bits per heavy atom. The molecule has 0 saturated carbocycles. The molecule has 5 aromatic rings. The first-order valence-corrected chi connectivity index (χ1v) is 11.7. The van der Waals surface area contributed by atoms with Gasteiger partial charge in [0.25, 0.3) is 0 Å². The first kappa shape index (κ1) is 22.9. The van der Waals surface area contributed by atoms with Crippen molar-refractivity contribution in [2.24, 2.45) is 0 Å². The van der Waals surface area contributed by atoms with Gasteiger partial charge in [-0.2, -0.15) is 0 Å². The van der Waals surface area contributed by atoms with E-state index in [2.05, 4.69) is 0 Å². The van der Waals surface area contributed by atoms with Crippen molar-refractivity contribution >= 4 is 17.3 Å². The summed E-state index contributed by atoms with van der Waals surface area (Å²) >= 11 is 0. The van der Waals surface area contributed by atoms with Crippen molar-refractivity contribution in [2.45, 2.75) is 0 Å². The van der Waals surface area contributed by atoms with Crippen LogP contribution >= 0.6 is 0 Å². The van der Waals surface area contributed by atoms with E-state index in [0.29, 0.717) is 38.9 Å². The van der Waals surface area contributed by atoms with Gasteiger partial charge < -0.3 is 0 Å². The predicted molar refractivity (Wildman–Crippen MR) is 142 cm³/mol. The summed E-state index contributed by atoms with van der Waals surface area (Å²) in [5, 5.41) is 0. The van der Waals surface area contributed by atoms with Crippen molar-refractivity contribution in [1.29, 1.82) is 0 Å². The third-order valence-corrected chi connectivity index (χ3v) is 6.11. The van der Waals surface area contributed by atoms with Crippen LogP contribution in [0.2, 0.25) is 0 Å². The summed E-state index contributed by atoms with van der Waals surface area (Å²) in [5.74, 6) is -0.667. The lowest BCUT2D eigenvalue weighted by Crippen LogP contribution is -2.14. The van der Waals surface area contributed by atoms with E-state index in [1.165, 1.54) is 0 Å². The van der Waals surface area contributed by atoms with Crippen molar-refractivity contribution < 1.29 is 14.4 Å². The van der Waals surface area contributed by atoms with Crippen LogP contribution in [-0.2, 0) is 0 Å². The molecule has 0 atom stereocenters. The molecule has 0 N–H and O–H groups in total. The Labute approximate surface area is 209 Å². The standard InChI is InChI=1S/C33H22O3/c34-31(23-13-4-1-5-14-23)28-20-11-10-19-26(28)27-21-12-22-29(32(35)24-15-6-2-7-16-24)30(27)33(36)25-17-8-3-9-18-25/h1-22H. The molecule has 0 unspecified atom stereocenters. The maximum absolute atomic E-state index is 13.9. The lowest BCUT2D eigenvalue weighted by molar-refractivity contribution is 0.100. The largest absolute Gasteiger partial charge is 0.289 e. The second-order valence-corrected chi connectivity index (χ2v) is 8.36. The summed E-state index contributed by atoms with van der Waals surface area (Å²) < 4.78 is 0. The fraction of sp³-hybridized carbons (Fsp3) is 0. The molecule has 5 aromatic carbocycles. The van der Waals surface area contributed by atoms with Crippen LogP contribution in [0.5, 0.6) is 0 Å². The molecule has 0 aliphatic carbocycles. The maximum Gasteiger partial charge on any atom is 0.194 e. The maximum atomic E-state index is 13.9. The van der Waals surface area contributed by atoms with Crippen LogP contribution < -0.4 is 0 Å². The first-order valence-electron chi connectivity index (χ1n) is 11.7. The summed E-state index contributed by atoms with van der Waals surface area (Å²) in [6, 6.07) is 39.3. The monoisotopic (exact) mass is 466 g/mol. The number of rotatable bonds is 7. The van der Waals surface area contributed by atoms with Crippen LogP contribution in [0.3, 0.4) is 0 Å². The molecule has 0 spiro atoms. The molecular formula is C33H22O3. The number of carbonyl (C=O) groups is 3. The zero-order valence-electron chi connectivity index (χ0n) is 19.4. The molecule has 0 aromatic heterocycles. The van der Waals surface area contributed by atoms with E-state index in [1.54, 1.807) is 91.0 Å². The second-order valence-electron chi connectivity index (χ2n) is 8.36. The highest BCUT2D eigenvalue weighted by atomic mass is 16.1. The number of hydrogen-bond donors (Lipinski definition) is 0. The lowest BCUT2D eigenvalue weighted by Gasteiger charge is -2.16. The first-order chi connectivity index (χ1) is 17.6. The molecule has 0 fully saturated rings. The zero-order valence-corrected chi connectivity index (χ0v) is 19.4. The van der Waals surface area contributed by atoms with Gasteiger partial charge in [0, 0.05) is 33.4 Å². The molecule has 0 heterocycles. The van der Waals surface area contributed by atoms with Gasteiger partial charge >= 0.3 is 0 Å². The second kappa shape index (κ2) is 10.2.